The summed E-state index contributed by atoms with van der Waals surface area (Å²) in [6.45, 7) is 4.78. The Hall–Kier alpha value is -1.64. The fraction of sp³-hybridized carbons (Fsp3) is 0.625. The first-order valence-electron chi connectivity index (χ1n) is 7.76. The Bertz CT molecular complexity index is 499. The van der Waals surface area contributed by atoms with Crippen LogP contribution < -0.4 is 10.2 Å². The molecule has 1 aliphatic heterocycles. The normalized spacial score (nSPS) is 22.6. The van der Waals surface area contributed by atoms with Crippen molar-refractivity contribution in [3.05, 3.63) is 24.4 Å². The number of hydrogen-bond acceptors (Lipinski definition) is 5. The molecule has 2 aliphatic rings. The molecule has 0 bridgehead atoms. The predicted molar refractivity (Wildman–Crippen MR) is 83.0 cm³/mol. The maximum absolute atomic E-state index is 9.59. The highest BCUT2D eigenvalue weighted by atomic mass is 15.3. The van der Waals surface area contributed by atoms with Gasteiger partial charge in [0.05, 0.1) is 6.07 Å². The molecule has 2 heterocycles. The molecule has 1 saturated carbocycles. The number of nitriles is 1. The molecule has 1 unspecified atom stereocenters. The van der Waals surface area contributed by atoms with Crippen LogP contribution in [-0.2, 0) is 0 Å². The molecular formula is C16H23N5. The van der Waals surface area contributed by atoms with E-state index in [1.54, 1.807) is 0 Å². The van der Waals surface area contributed by atoms with Crippen LogP contribution >= 0.6 is 0 Å². The molecule has 1 saturated heterocycles. The number of hydrogen-bond donors (Lipinski definition) is 1. The van der Waals surface area contributed by atoms with Gasteiger partial charge in [-0.2, -0.15) is 5.26 Å². The quantitative estimate of drug-likeness (QED) is 0.878. The molecule has 0 amide bonds. The third-order valence-corrected chi connectivity index (χ3v) is 4.74. The van der Waals surface area contributed by atoms with Crippen molar-refractivity contribution in [2.45, 2.75) is 18.4 Å². The number of anilines is 1. The molecule has 1 N–H and O–H groups in total. The lowest BCUT2D eigenvalue weighted by atomic mass is 9.94. The fourth-order valence-electron chi connectivity index (χ4n) is 3.20. The van der Waals surface area contributed by atoms with Crippen LogP contribution in [0.4, 0.5) is 5.82 Å². The molecule has 3 rings (SSSR count). The molecule has 112 valence electrons. The van der Waals surface area contributed by atoms with Gasteiger partial charge in [-0.25, -0.2) is 4.98 Å². The molecule has 1 atom stereocenters. The zero-order chi connectivity index (χ0) is 14.7. The summed E-state index contributed by atoms with van der Waals surface area (Å²) in [6, 6.07) is 8.58. The smallest absolute Gasteiger partial charge is 0.128 e. The predicted octanol–water partition coefficient (Wildman–Crippen LogP) is 1.10. The number of piperazine rings is 1. The van der Waals surface area contributed by atoms with Crippen LogP contribution in [0.2, 0.25) is 0 Å². The Morgan fingerprint density at radius 3 is 2.62 bits per heavy atom. The van der Waals surface area contributed by atoms with Gasteiger partial charge in [0.1, 0.15) is 11.4 Å². The Balaban J connectivity index is 1.57. The fourth-order valence-corrected chi connectivity index (χ4v) is 3.20. The van der Waals surface area contributed by atoms with E-state index in [1.807, 2.05) is 25.4 Å². The SMILES string of the molecule is CNC(C#N)(CN1CCN(c2ccccn2)CC1)C1CC1. The van der Waals surface area contributed by atoms with Gasteiger partial charge in [0.25, 0.3) is 0 Å². The molecule has 5 nitrogen and oxygen atoms in total. The zero-order valence-electron chi connectivity index (χ0n) is 12.6. The van der Waals surface area contributed by atoms with E-state index in [2.05, 4.69) is 32.2 Å². The maximum atomic E-state index is 9.59. The molecule has 1 aromatic heterocycles. The molecule has 5 heteroatoms. The summed E-state index contributed by atoms with van der Waals surface area (Å²) in [4.78, 5) is 9.15. The van der Waals surface area contributed by atoms with Crippen molar-refractivity contribution in [2.75, 3.05) is 44.7 Å². The van der Waals surface area contributed by atoms with E-state index in [0.717, 1.165) is 38.5 Å². The first-order chi connectivity index (χ1) is 10.3. The summed E-state index contributed by atoms with van der Waals surface area (Å²) in [6.07, 6.45) is 4.21. The van der Waals surface area contributed by atoms with Gasteiger partial charge in [-0.05, 0) is 37.9 Å². The number of pyridine rings is 1. The summed E-state index contributed by atoms with van der Waals surface area (Å²) < 4.78 is 0. The largest absolute Gasteiger partial charge is 0.354 e. The minimum atomic E-state index is -0.354. The van der Waals surface area contributed by atoms with E-state index in [9.17, 15) is 5.26 Å². The molecule has 1 aromatic rings. The number of nitrogens with one attached hydrogen (secondary N) is 1. The Kier molecular flexibility index (Phi) is 4.09. The minimum absolute atomic E-state index is 0.354. The second-order valence-electron chi connectivity index (χ2n) is 6.06. The third-order valence-electron chi connectivity index (χ3n) is 4.74. The van der Waals surface area contributed by atoms with Gasteiger partial charge in [0, 0.05) is 38.9 Å². The topological polar surface area (TPSA) is 55.2 Å². The summed E-state index contributed by atoms with van der Waals surface area (Å²) in [5, 5.41) is 12.9. The highest BCUT2D eigenvalue weighted by Gasteiger charge is 2.45. The van der Waals surface area contributed by atoms with Gasteiger partial charge in [-0.15, -0.1) is 0 Å². The van der Waals surface area contributed by atoms with Crippen LogP contribution in [0.3, 0.4) is 0 Å². The monoisotopic (exact) mass is 285 g/mol. The number of likely N-dealkylation sites (N-methyl/N-ethyl adjacent to an activating group) is 1. The van der Waals surface area contributed by atoms with Crippen LogP contribution in [0, 0.1) is 17.2 Å². The Morgan fingerprint density at radius 1 is 1.33 bits per heavy atom. The van der Waals surface area contributed by atoms with E-state index >= 15 is 0 Å². The summed E-state index contributed by atoms with van der Waals surface area (Å²) in [5.41, 5.74) is -0.354. The summed E-state index contributed by atoms with van der Waals surface area (Å²) in [7, 11) is 1.92. The Morgan fingerprint density at radius 2 is 2.10 bits per heavy atom. The molecule has 0 radical (unpaired) electrons. The van der Waals surface area contributed by atoms with Gasteiger partial charge in [-0.1, -0.05) is 6.07 Å². The van der Waals surface area contributed by atoms with Crippen molar-refractivity contribution in [1.29, 1.82) is 5.26 Å². The van der Waals surface area contributed by atoms with E-state index in [4.69, 9.17) is 0 Å². The van der Waals surface area contributed by atoms with Crippen molar-refractivity contribution < 1.29 is 0 Å². The molecular weight excluding hydrogens is 262 g/mol. The van der Waals surface area contributed by atoms with Crippen LogP contribution in [-0.4, -0.2) is 55.2 Å². The number of rotatable bonds is 5. The van der Waals surface area contributed by atoms with E-state index < -0.39 is 0 Å². The van der Waals surface area contributed by atoms with Crippen LogP contribution in [0.15, 0.2) is 24.4 Å². The van der Waals surface area contributed by atoms with Crippen molar-refractivity contribution >= 4 is 5.82 Å². The lowest BCUT2D eigenvalue weighted by Gasteiger charge is -2.39. The second kappa shape index (κ2) is 6.00. The standard InChI is InChI=1S/C16H23N5/c1-18-16(12-17,14-5-6-14)13-20-8-10-21(11-9-20)15-4-2-3-7-19-15/h2-4,7,14,18H,5-6,8-11,13H2,1H3. The molecule has 2 fully saturated rings. The van der Waals surface area contributed by atoms with Crippen molar-refractivity contribution in [1.82, 2.24) is 15.2 Å². The van der Waals surface area contributed by atoms with E-state index in [0.29, 0.717) is 5.92 Å². The van der Waals surface area contributed by atoms with Crippen molar-refractivity contribution in [2.24, 2.45) is 5.92 Å². The third kappa shape index (κ3) is 3.02. The van der Waals surface area contributed by atoms with Crippen molar-refractivity contribution in [3.8, 4) is 6.07 Å². The van der Waals surface area contributed by atoms with Gasteiger partial charge >= 0.3 is 0 Å². The maximum Gasteiger partial charge on any atom is 0.128 e. The average molecular weight is 285 g/mol. The number of aromatic nitrogens is 1. The zero-order valence-corrected chi connectivity index (χ0v) is 12.6. The van der Waals surface area contributed by atoms with Gasteiger partial charge in [0.2, 0.25) is 0 Å². The molecule has 0 spiro atoms. The average Bonchev–Trinajstić information content (AvgIpc) is 3.39. The Labute approximate surface area is 126 Å². The van der Waals surface area contributed by atoms with Gasteiger partial charge in [0.15, 0.2) is 0 Å². The summed E-state index contributed by atoms with van der Waals surface area (Å²) in [5.74, 6) is 1.58. The molecule has 1 aliphatic carbocycles. The second-order valence-corrected chi connectivity index (χ2v) is 6.06. The highest BCUT2D eigenvalue weighted by Crippen LogP contribution is 2.39. The molecule has 0 aromatic carbocycles. The minimum Gasteiger partial charge on any atom is -0.354 e. The highest BCUT2D eigenvalue weighted by molar-refractivity contribution is 5.38. The van der Waals surface area contributed by atoms with Gasteiger partial charge < -0.3 is 10.2 Å². The van der Waals surface area contributed by atoms with Crippen LogP contribution in [0.25, 0.3) is 0 Å². The van der Waals surface area contributed by atoms with E-state index in [-0.39, 0.29) is 5.54 Å². The van der Waals surface area contributed by atoms with Crippen LogP contribution in [0.1, 0.15) is 12.8 Å². The van der Waals surface area contributed by atoms with E-state index in [1.165, 1.54) is 12.8 Å². The molecule has 21 heavy (non-hydrogen) atoms. The van der Waals surface area contributed by atoms with Crippen molar-refractivity contribution in [3.63, 3.8) is 0 Å². The van der Waals surface area contributed by atoms with Gasteiger partial charge in [-0.3, -0.25) is 4.90 Å². The summed E-state index contributed by atoms with van der Waals surface area (Å²) >= 11 is 0. The lowest BCUT2D eigenvalue weighted by Crippen LogP contribution is -2.57. The number of nitrogens with zero attached hydrogens (tertiary/aromatic N) is 4. The first kappa shape index (κ1) is 14.3. The van der Waals surface area contributed by atoms with Crippen LogP contribution in [0.5, 0.6) is 0 Å². The lowest BCUT2D eigenvalue weighted by molar-refractivity contribution is 0.192. The first-order valence-corrected chi connectivity index (χ1v) is 7.76.